The van der Waals surface area contributed by atoms with Crippen molar-refractivity contribution in [3.8, 4) is 0 Å². The Labute approximate surface area is 142 Å². The molecule has 124 valence electrons. The monoisotopic (exact) mass is 340 g/mol. The summed E-state index contributed by atoms with van der Waals surface area (Å²) in [6.45, 7) is 2.52. The molecule has 0 spiro atoms. The highest BCUT2D eigenvalue weighted by Gasteiger charge is 2.26. The second kappa shape index (κ2) is 7.01. The van der Waals surface area contributed by atoms with Gasteiger partial charge in [-0.2, -0.15) is 0 Å². The molecular weight excluding hydrogens is 320 g/mol. The molecule has 0 aliphatic carbocycles. The quantitative estimate of drug-likeness (QED) is 0.675. The van der Waals surface area contributed by atoms with E-state index in [1.165, 1.54) is 4.31 Å². The van der Waals surface area contributed by atoms with Gasteiger partial charge in [-0.25, -0.2) is 8.42 Å². The Hall–Kier alpha value is -2.40. The second-order valence-electron chi connectivity index (χ2n) is 5.62. The van der Waals surface area contributed by atoms with E-state index in [2.05, 4.69) is 11.9 Å². The van der Waals surface area contributed by atoms with Gasteiger partial charge in [0.2, 0.25) is 0 Å². The number of para-hydroxylation sites is 1. The van der Waals surface area contributed by atoms with Crippen molar-refractivity contribution in [1.82, 2.24) is 4.98 Å². The van der Waals surface area contributed by atoms with Crippen LogP contribution in [0.3, 0.4) is 0 Å². The molecule has 0 fully saturated rings. The van der Waals surface area contributed by atoms with E-state index in [9.17, 15) is 8.42 Å². The number of fused-ring (bicyclic) bond motifs is 1. The van der Waals surface area contributed by atoms with E-state index in [1.54, 1.807) is 30.6 Å². The molecule has 0 N–H and O–H groups in total. The molecule has 3 aromatic rings. The van der Waals surface area contributed by atoms with Gasteiger partial charge in [-0.3, -0.25) is 9.29 Å². The standard InChI is InChI=1S/C19H20N2O2S/c1-2-3-14-21(17-9-5-4-6-10-17)24(22,23)19-11-7-8-16-15-20-13-12-18(16)19/h4-13,15H,2-3,14H2,1H3. The van der Waals surface area contributed by atoms with Crippen molar-refractivity contribution >= 4 is 26.5 Å². The number of hydrogen-bond acceptors (Lipinski definition) is 3. The molecule has 2 aromatic carbocycles. The first kappa shape index (κ1) is 16.5. The highest BCUT2D eigenvalue weighted by atomic mass is 32.2. The maximum atomic E-state index is 13.4. The Morgan fingerprint density at radius 2 is 1.79 bits per heavy atom. The second-order valence-corrected chi connectivity index (χ2v) is 7.45. The third kappa shape index (κ3) is 3.12. The van der Waals surface area contributed by atoms with E-state index in [0.29, 0.717) is 22.5 Å². The van der Waals surface area contributed by atoms with Crippen molar-refractivity contribution in [3.05, 3.63) is 67.0 Å². The zero-order chi connectivity index (χ0) is 17.0. The molecule has 0 saturated heterocycles. The SMILES string of the molecule is CCCCN(c1ccccc1)S(=O)(=O)c1cccc2cnccc12. The summed E-state index contributed by atoms with van der Waals surface area (Å²) in [5.74, 6) is 0. The van der Waals surface area contributed by atoms with Gasteiger partial charge in [0.1, 0.15) is 0 Å². The first-order valence-corrected chi connectivity index (χ1v) is 9.49. The minimum Gasteiger partial charge on any atom is -0.266 e. The number of anilines is 1. The molecule has 0 aliphatic rings. The molecule has 24 heavy (non-hydrogen) atoms. The van der Waals surface area contributed by atoms with Gasteiger partial charge in [0.15, 0.2) is 0 Å². The first-order valence-electron chi connectivity index (χ1n) is 8.05. The van der Waals surface area contributed by atoms with Crippen LogP contribution < -0.4 is 4.31 Å². The lowest BCUT2D eigenvalue weighted by molar-refractivity contribution is 0.589. The van der Waals surface area contributed by atoms with Gasteiger partial charge < -0.3 is 0 Å². The van der Waals surface area contributed by atoms with Crippen LogP contribution in [0.2, 0.25) is 0 Å². The van der Waals surface area contributed by atoms with E-state index in [1.807, 2.05) is 36.4 Å². The fraction of sp³-hybridized carbons (Fsp3) is 0.211. The Balaban J connectivity index is 2.15. The van der Waals surface area contributed by atoms with Crippen molar-refractivity contribution in [1.29, 1.82) is 0 Å². The largest absolute Gasteiger partial charge is 0.266 e. The number of benzene rings is 2. The van der Waals surface area contributed by atoms with E-state index < -0.39 is 10.0 Å². The van der Waals surface area contributed by atoms with Gasteiger partial charge in [0, 0.05) is 29.7 Å². The topological polar surface area (TPSA) is 50.3 Å². The van der Waals surface area contributed by atoms with Gasteiger partial charge in [-0.05, 0) is 30.7 Å². The van der Waals surface area contributed by atoms with E-state index in [4.69, 9.17) is 0 Å². The van der Waals surface area contributed by atoms with Crippen molar-refractivity contribution < 1.29 is 8.42 Å². The fourth-order valence-corrected chi connectivity index (χ4v) is 4.44. The number of nitrogens with zero attached hydrogens (tertiary/aromatic N) is 2. The third-order valence-electron chi connectivity index (χ3n) is 3.97. The average molecular weight is 340 g/mol. The number of sulfonamides is 1. The minimum atomic E-state index is -3.65. The molecule has 3 rings (SSSR count). The minimum absolute atomic E-state index is 0.322. The number of pyridine rings is 1. The summed E-state index contributed by atoms with van der Waals surface area (Å²) in [5.41, 5.74) is 0.692. The maximum absolute atomic E-state index is 13.4. The molecule has 0 amide bonds. The summed E-state index contributed by atoms with van der Waals surface area (Å²) < 4.78 is 28.2. The molecule has 0 bridgehead atoms. The number of rotatable bonds is 6. The van der Waals surface area contributed by atoms with Gasteiger partial charge in [0.05, 0.1) is 10.6 Å². The number of aromatic nitrogens is 1. The van der Waals surface area contributed by atoms with Crippen LogP contribution in [0.4, 0.5) is 5.69 Å². The van der Waals surface area contributed by atoms with Crippen molar-refractivity contribution in [3.63, 3.8) is 0 Å². The lowest BCUT2D eigenvalue weighted by atomic mass is 10.2. The Morgan fingerprint density at radius 1 is 1.00 bits per heavy atom. The molecule has 0 radical (unpaired) electrons. The molecule has 5 heteroatoms. The lowest BCUT2D eigenvalue weighted by Crippen LogP contribution is -2.32. The van der Waals surface area contributed by atoms with E-state index in [0.717, 1.165) is 18.2 Å². The Kier molecular flexibility index (Phi) is 4.81. The predicted molar refractivity (Wildman–Crippen MR) is 97.6 cm³/mol. The summed E-state index contributed by atoms with van der Waals surface area (Å²) in [6.07, 6.45) is 5.05. The molecule has 1 aromatic heterocycles. The Bertz CT molecular complexity index is 919. The van der Waals surface area contributed by atoms with Crippen LogP contribution in [0.25, 0.3) is 10.8 Å². The van der Waals surface area contributed by atoms with Crippen molar-refractivity contribution in [2.75, 3.05) is 10.8 Å². The average Bonchev–Trinajstić information content (AvgIpc) is 2.62. The number of hydrogen-bond donors (Lipinski definition) is 0. The molecular formula is C19H20N2O2S. The van der Waals surface area contributed by atoms with Crippen molar-refractivity contribution in [2.24, 2.45) is 0 Å². The van der Waals surface area contributed by atoms with E-state index >= 15 is 0 Å². The molecule has 4 nitrogen and oxygen atoms in total. The summed E-state index contributed by atoms with van der Waals surface area (Å²) in [4.78, 5) is 4.40. The summed E-state index contributed by atoms with van der Waals surface area (Å²) >= 11 is 0. The summed E-state index contributed by atoms with van der Waals surface area (Å²) in [5, 5.41) is 1.52. The lowest BCUT2D eigenvalue weighted by Gasteiger charge is -2.25. The molecule has 0 saturated carbocycles. The zero-order valence-electron chi connectivity index (χ0n) is 13.6. The van der Waals surface area contributed by atoms with Crippen LogP contribution in [0.15, 0.2) is 71.9 Å². The Morgan fingerprint density at radius 3 is 2.54 bits per heavy atom. The fourth-order valence-electron chi connectivity index (χ4n) is 2.72. The highest BCUT2D eigenvalue weighted by molar-refractivity contribution is 7.93. The van der Waals surface area contributed by atoms with Crippen molar-refractivity contribution in [2.45, 2.75) is 24.7 Å². The van der Waals surface area contributed by atoms with Crippen LogP contribution in [-0.4, -0.2) is 19.9 Å². The first-order chi connectivity index (χ1) is 11.6. The van der Waals surface area contributed by atoms with Gasteiger partial charge in [-0.15, -0.1) is 0 Å². The maximum Gasteiger partial charge on any atom is 0.264 e. The molecule has 0 unspecified atom stereocenters. The smallest absolute Gasteiger partial charge is 0.264 e. The van der Waals surface area contributed by atoms with Gasteiger partial charge in [-0.1, -0.05) is 43.7 Å². The van der Waals surface area contributed by atoms with Crippen LogP contribution in [-0.2, 0) is 10.0 Å². The van der Waals surface area contributed by atoms with Gasteiger partial charge >= 0.3 is 0 Å². The zero-order valence-corrected chi connectivity index (χ0v) is 14.4. The third-order valence-corrected chi connectivity index (χ3v) is 5.85. The van der Waals surface area contributed by atoms with Gasteiger partial charge in [0.25, 0.3) is 10.0 Å². The van der Waals surface area contributed by atoms with Crippen LogP contribution in [0.1, 0.15) is 19.8 Å². The van der Waals surface area contributed by atoms with Crippen LogP contribution >= 0.6 is 0 Å². The summed E-state index contributed by atoms with van der Waals surface area (Å²) in [6, 6.07) is 16.3. The highest BCUT2D eigenvalue weighted by Crippen LogP contribution is 2.29. The molecule has 0 atom stereocenters. The van der Waals surface area contributed by atoms with Crippen LogP contribution in [0, 0.1) is 0 Å². The number of unbranched alkanes of at least 4 members (excludes halogenated alkanes) is 1. The van der Waals surface area contributed by atoms with E-state index in [-0.39, 0.29) is 0 Å². The molecule has 0 aliphatic heterocycles. The molecule has 1 heterocycles. The van der Waals surface area contributed by atoms with Crippen LogP contribution in [0.5, 0.6) is 0 Å². The predicted octanol–water partition coefficient (Wildman–Crippen LogP) is 4.23. The normalized spacial score (nSPS) is 11.5. The summed E-state index contributed by atoms with van der Waals surface area (Å²) in [7, 11) is -3.65.